The van der Waals surface area contributed by atoms with E-state index >= 15 is 0 Å². The van der Waals surface area contributed by atoms with Gasteiger partial charge in [-0.1, -0.05) is 24.3 Å². The van der Waals surface area contributed by atoms with Crippen LogP contribution >= 0.6 is 0 Å². The van der Waals surface area contributed by atoms with Crippen molar-refractivity contribution in [2.24, 2.45) is 5.73 Å². The van der Waals surface area contributed by atoms with Crippen LogP contribution < -0.4 is 5.73 Å². The lowest BCUT2D eigenvalue weighted by Gasteiger charge is -2.09. The lowest BCUT2D eigenvalue weighted by atomic mass is 10.0. The summed E-state index contributed by atoms with van der Waals surface area (Å²) in [6.07, 6.45) is 0.228. The Hall–Kier alpha value is -1.90. The predicted octanol–water partition coefficient (Wildman–Crippen LogP) is 2.03. The number of hydrogen-bond donors (Lipinski definition) is 1. The van der Waals surface area contributed by atoms with Gasteiger partial charge in [0, 0.05) is 23.4 Å². The molecule has 2 N–H and O–H groups in total. The van der Waals surface area contributed by atoms with Crippen LogP contribution in [-0.4, -0.2) is 10.9 Å². The van der Waals surface area contributed by atoms with Gasteiger partial charge in [0.1, 0.15) is 0 Å². The van der Waals surface area contributed by atoms with Crippen LogP contribution in [0.25, 0.3) is 10.9 Å². The van der Waals surface area contributed by atoms with Gasteiger partial charge >= 0.3 is 0 Å². The summed E-state index contributed by atoms with van der Waals surface area (Å²) in [6.45, 7) is 3.89. The average Bonchev–Trinajstić information content (AvgIpc) is 2.27. The number of hydrogen-bond acceptors (Lipinski definition) is 2. The van der Waals surface area contributed by atoms with Crippen molar-refractivity contribution in [1.29, 1.82) is 0 Å². The maximum Gasteiger partial charge on any atom is 0.218 e. The highest BCUT2D eigenvalue weighted by molar-refractivity contribution is 5.79. The number of carbonyl (C=O) groups excluding carboxylic acids is 1. The SMILES string of the molecule is [CH2]C(CC(N)=O)c1ccc2ccccc2n1. The van der Waals surface area contributed by atoms with Crippen LogP contribution in [0.1, 0.15) is 18.0 Å². The van der Waals surface area contributed by atoms with Crippen molar-refractivity contribution >= 4 is 16.8 Å². The Balaban J connectivity index is 2.35. The molecular formula is C13H13N2O. The van der Waals surface area contributed by atoms with E-state index in [-0.39, 0.29) is 18.2 Å². The van der Waals surface area contributed by atoms with Crippen molar-refractivity contribution in [1.82, 2.24) is 4.98 Å². The van der Waals surface area contributed by atoms with Crippen LogP contribution in [0.5, 0.6) is 0 Å². The van der Waals surface area contributed by atoms with Gasteiger partial charge in [-0.05, 0) is 19.1 Å². The van der Waals surface area contributed by atoms with Crippen LogP contribution in [0.4, 0.5) is 0 Å². The van der Waals surface area contributed by atoms with E-state index in [0.29, 0.717) is 0 Å². The van der Waals surface area contributed by atoms with Gasteiger partial charge in [0.25, 0.3) is 0 Å². The molecule has 0 aliphatic heterocycles. The van der Waals surface area contributed by atoms with Crippen molar-refractivity contribution in [2.45, 2.75) is 12.3 Å². The van der Waals surface area contributed by atoms with Crippen molar-refractivity contribution in [3.63, 3.8) is 0 Å². The number of amides is 1. The van der Waals surface area contributed by atoms with Gasteiger partial charge in [-0.25, -0.2) is 0 Å². The minimum absolute atomic E-state index is 0.179. The van der Waals surface area contributed by atoms with E-state index in [1.54, 1.807) is 0 Å². The van der Waals surface area contributed by atoms with Gasteiger partial charge < -0.3 is 5.73 Å². The predicted molar refractivity (Wildman–Crippen MR) is 63.7 cm³/mol. The first kappa shape index (κ1) is 10.6. The van der Waals surface area contributed by atoms with Crippen LogP contribution in [0.15, 0.2) is 36.4 Å². The number of nitrogens with two attached hydrogens (primary N) is 1. The Labute approximate surface area is 94.3 Å². The molecule has 16 heavy (non-hydrogen) atoms. The summed E-state index contributed by atoms with van der Waals surface area (Å²) in [7, 11) is 0. The molecule has 3 nitrogen and oxygen atoms in total. The second kappa shape index (κ2) is 4.31. The standard InChI is InChI=1S/C13H13N2O/c1-9(8-13(14)16)11-7-6-10-4-2-3-5-12(10)15-11/h2-7,9H,1,8H2,(H2,14,16). The number of nitrogens with zero attached hydrogens (tertiary/aromatic N) is 1. The summed E-state index contributed by atoms with van der Waals surface area (Å²) in [5.74, 6) is -0.530. The topological polar surface area (TPSA) is 56.0 Å². The number of rotatable bonds is 3. The van der Waals surface area contributed by atoms with Gasteiger partial charge in [0.15, 0.2) is 0 Å². The summed E-state index contributed by atoms with van der Waals surface area (Å²) < 4.78 is 0. The molecule has 1 radical (unpaired) electrons. The van der Waals surface area contributed by atoms with E-state index in [0.717, 1.165) is 16.6 Å². The number of aromatic nitrogens is 1. The van der Waals surface area contributed by atoms with Crippen LogP contribution in [0, 0.1) is 6.92 Å². The summed E-state index contributed by atoms with van der Waals surface area (Å²) in [6, 6.07) is 11.7. The van der Waals surface area contributed by atoms with E-state index in [1.807, 2.05) is 36.4 Å². The molecular weight excluding hydrogens is 200 g/mol. The highest BCUT2D eigenvalue weighted by atomic mass is 16.1. The molecule has 1 atom stereocenters. The van der Waals surface area contributed by atoms with Gasteiger partial charge in [-0.3, -0.25) is 9.78 Å². The zero-order chi connectivity index (χ0) is 11.5. The zero-order valence-electron chi connectivity index (χ0n) is 8.89. The Morgan fingerprint density at radius 1 is 1.31 bits per heavy atom. The second-order valence-electron chi connectivity index (χ2n) is 3.80. The van der Waals surface area contributed by atoms with Crippen molar-refractivity contribution in [2.75, 3.05) is 0 Å². The van der Waals surface area contributed by atoms with Crippen LogP contribution in [-0.2, 0) is 4.79 Å². The molecule has 0 saturated carbocycles. The third-order valence-electron chi connectivity index (χ3n) is 2.49. The fourth-order valence-corrected chi connectivity index (χ4v) is 1.66. The first-order chi connectivity index (χ1) is 7.66. The van der Waals surface area contributed by atoms with Crippen molar-refractivity contribution < 1.29 is 4.79 Å². The number of pyridine rings is 1. The van der Waals surface area contributed by atoms with Gasteiger partial charge in [-0.2, -0.15) is 0 Å². The molecule has 0 spiro atoms. The molecule has 1 aromatic carbocycles. The van der Waals surface area contributed by atoms with Gasteiger partial charge in [0.2, 0.25) is 5.91 Å². The van der Waals surface area contributed by atoms with Crippen molar-refractivity contribution in [3.8, 4) is 0 Å². The molecule has 1 amide bonds. The van der Waals surface area contributed by atoms with E-state index in [2.05, 4.69) is 11.9 Å². The number of primary amides is 1. The summed E-state index contributed by atoms with van der Waals surface area (Å²) in [5, 5.41) is 1.08. The lowest BCUT2D eigenvalue weighted by molar-refractivity contribution is -0.118. The first-order valence-electron chi connectivity index (χ1n) is 5.14. The number of benzene rings is 1. The molecule has 3 heteroatoms. The van der Waals surface area contributed by atoms with Gasteiger partial charge in [-0.15, -0.1) is 0 Å². The molecule has 0 aliphatic carbocycles. The molecule has 0 fully saturated rings. The minimum atomic E-state index is -0.352. The quantitative estimate of drug-likeness (QED) is 0.848. The lowest BCUT2D eigenvalue weighted by Crippen LogP contribution is -2.14. The number of para-hydroxylation sites is 1. The Kier molecular flexibility index (Phi) is 2.86. The molecule has 2 aromatic rings. The molecule has 1 heterocycles. The average molecular weight is 213 g/mol. The fraction of sp³-hybridized carbons (Fsp3) is 0.154. The summed E-state index contributed by atoms with van der Waals surface area (Å²) >= 11 is 0. The van der Waals surface area contributed by atoms with Crippen LogP contribution in [0.2, 0.25) is 0 Å². The third-order valence-corrected chi connectivity index (χ3v) is 2.49. The van der Waals surface area contributed by atoms with Crippen molar-refractivity contribution in [3.05, 3.63) is 49.0 Å². The molecule has 1 unspecified atom stereocenters. The molecule has 0 bridgehead atoms. The minimum Gasteiger partial charge on any atom is -0.370 e. The number of fused-ring (bicyclic) bond motifs is 1. The fourth-order valence-electron chi connectivity index (χ4n) is 1.66. The Morgan fingerprint density at radius 3 is 2.81 bits per heavy atom. The maximum atomic E-state index is 10.8. The smallest absolute Gasteiger partial charge is 0.218 e. The molecule has 2 rings (SSSR count). The highest BCUT2D eigenvalue weighted by Crippen LogP contribution is 2.19. The largest absolute Gasteiger partial charge is 0.370 e. The Bertz CT molecular complexity index is 522. The zero-order valence-corrected chi connectivity index (χ0v) is 8.89. The number of carbonyl (C=O) groups is 1. The van der Waals surface area contributed by atoms with Crippen LogP contribution in [0.3, 0.4) is 0 Å². The third kappa shape index (κ3) is 2.19. The Morgan fingerprint density at radius 2 is 2.06 bits per heavy atom. The van der Waals surface area contributed by atoms with E-state index in [9.17, 15) is 4.79 Å². The van der Waals surface area contributed by atoms with E-state index in [4.69, 9.17) is 5.73 Å². The molecule has 0 aliphatic rings. The molecule has 0 saturated heterocycles. The van der Waals surface area contributed by atoms with E-state index in [1.165, 1.54) is 0 Å². The normalized spacial score (nSPS) is 12.6. The highest BCUT2D eigenvalue weighted by Gasteiger charge is 2.10. The van der Waals surface area contributed by atoms with Gasteiger partial charge in [0.05, 0.1) is 5.52 Å². The second-order valence-corrected chi connectivity index (χ2v) is 3.80. The first-order valence-corrected chi connectivity index (χ1v) is 5.14. The summed E-state index contributed by atoms with van der Waals surface area (Å²) in [4.78, 5) is 15.3. The maximum absolute atomic E-state index is 10.8. The van der Waals surface area contributed by atoms with E-state index < -0.39 is 0 Å². The summed E-state index contributed by atoms with van der Waals surface area (Å²) in [5.41, 5.74) is 6.85. The molecule has 81 valence electrons. The monoisotopic (exact) mass is 213 g/mol. The molecule has 1 aromatic heterocycles.